The molecule has 4 nitrogen and oxygen atoms in total. The summed E-state index contributed by atoms with van der Waals surface area (Å²) in [5.41, 5.74) is 2.12. The number of hydrogen-bond acceptors (Lipinski definition) is 3. The van der Waals surface area contributed by atoms with Crippen LogP contribution in [0.15, 0.2) is 42.5 Å². The average molecular weight is 341 g/mol. The molecule has 1 aliphatic carbocycles. The molecule has 0 saturated carbocycles. The molecule has 0 bridgehead atoms. The second kappa shape index (κ2) is 7.25. The molecule has 2 aromatic carbocycles. The lowest BCUT2D eigenvalue weighted by Gasteiger charge is -2.24. The summed E-state index contributed by atoms with van der Waals surface area (Å²) >= 11 is 0. The molecule has 1 aliphatic rings. The van der Waals surface area contributed by atoms with E-state index in [1.54, 1.807) is 0 Å². The van der Waals surface area contributed by atoms with Crippen LogP contribution in [0.3, 0.4) is 0 Å². The number of carbonyl (C=O) groups is 1. The quantitative estimate of drug-likeness (QED) is 0.613. The van der Waals surface area contributed by atoms with Gasteiger partial charge in [0.25, 0.3) is 0 Å². The van der Waals surface area contributed by atoms with E-state index in [9.17, 15) is 9.36 Å². The molecule has 2 atom stereocenters. The summed E-state index contributed by atoms with van der Waals surface area (Å²) in [5.74, 6) is -0.0825. The summed E-state index contributed by atoms with van der Waals surface area (Å²) in [5, 5.41) is 4.92. The molecule has 0 aromatic heterocycles. The third-order valence-corrected chi connectivity index (χ3v) is 4.59. The van der Waals surface area contributed by atoms with Crippen molar-refractivity contribution in [3.05, 3.63) is 53.6 Å². The summed E-state index contributed by atoms with van der Waals surface area (Å²) in [7, 11) is -0.261. The van der Waals surface area contributed by atoms with E-state index < -0.39 is 12.1 Å². The van der Waals surface area contributed by atoms with E-state index in [-0.39, 0.29) is 14.6 Å². The lowest BCUT2D eigenvalue weighted by Crippen LogP contribution is -2.34. The largest absolute Gasteiger partial charge is 0.452 e. The number of rotatable bonds is 6. The summed E-state index contributed by atoms with van der Waals surface area (Å²) in [6.07, 6.45) is 4.04. The fraction of sp³-hybridized carbons (Fsp3) is 0.316. The second-order valence-electron chi connectivity index (χ2n) is 6.41. The van der Waals surface area contributed by atoms with Crippen molar-refractivity contribution in [2.75, 3.05) is 0 Å². The Morgan fingerprint density at radius 1 is 1.25 bits per heavy atom. The number of hydrogen-bond donors (Lipinski definition) is 1. The highest BCUT2D eigenvalue weighted by Crippen LogP contribution is 2.35. The molecule has 0 spiro atoms. The standard InChI is InChI=1S/C19H20NO3P/c1-12(2)11-16(20-24-22)19(21)23-17-10-9-14-6-3-5-13-7-4-8-15(17)18(13)14/h3-10,12,16-17H,11H2,1-2H3,(H,20,22)/t16-,17?/m0/s1. The van der Waals surface area contributed by atoms with Gasteiger partial charge in [0.2, 0.25) is 8.61 Å². The third-order valence-electron chi connectivity index (χ3n) is 4.17. The SMILES string of the molecule is CC(C)C[C@H](NP=O)C(=O)OC1C=Cc2cccc3cccc1c23. The van der Waals surface area contributed by atoms with Crippen molar-refractivity contribution in [2.24, 2.45) is 5.92 Å². The molecule has 24 heavy (non-hydrogen) atoms. The zero-order chi connectivity index (χ0) is 17.1. The lowest BCUT2D eigenvalue weighted by molar-refractivity contribution is -0.149. The van der Waals surface area contributed by atoms with Crippen molar-refractivity contribution in [3.63, 3.8) is 0 Å². The van der Waals surface area contributed by atoms with E-state index in [1.165, 1.54) is 0 Å². The van der Waals surface area contributed by atoms with Crippen LogP contribution in [-0.2, 0) is 14.1 Å². The van der Waals surface area contributed by atoms with Crippen LogP contribution in [0.5, 0.6) is 0 Å². The molecule has 0 heterocycles. The minimum absolute atomic E-state index is 0.261. The van der Waals surface area contributed by atoms with Crippen LogP contribution in [0.25, 0.3) is 16.8 Å². The topological polar surface area (TPSA) is 55.4 Å². The molecular weight excluding hydrogens is 321 g/mol. The van der Waals surface area contributed by atoms with Gasteiger partial charge >= 0.3 is 5.97 Å². The summed E-state index contributed by atoms with van der Waals surface area (Å²) in [4.78, 5) is 12.5. The van der Waals surface area contributed by atoms with Crippen LogP contribution >= 0.6 is 8.61 Å². The van der Waals surface area contributed by atoms with Crippen molar-refractivity contribution in [3.8, 4) is 0 Å². The van der Waals surface area contributed by atoms with Crippen LogP contribution < -0.4 is 5.09 Å². The molecular formula is C19H20NO3P. The van der Waals surface area contributed by atoms with Crippen LogP contribution in [0.2, 0.25) is 0 Å². The highest BCUT2D eigenvalue weighted by molar-refractivity contribution is 7.21. The average Bonchev–Trinajstić information content (AvgIpc) is 2.57. The Bertz CT molecular complexity index is 795. The first-order chi connectivity index (χ1) is 11.6. The monoisotopic (exact) mass is 341 g/mol. The second-order valence-corrected chi connectivity index (χ2v) is 6.85. The highest BCUT2D eigenvalue weighted by atomic mass is 31.1. The summed E-state index contributed by atoms with van der Waals surface area (Å²) in [6, 6.07) is 11.6. The van der Waals surface area contributed by atoms with Crippen molar-refractivity contribution in [1.82, 2.24) is 5.09 Å². The van der Waals surface area contributed by atoms with E-state index in [1.807, 2.05) is 44.2 Å². The van der Waals surface area contributed by atoms with E-state index in [0.717, 1.165) is 21.9 Å². The molecule has 1 N–H and O–H groups in total. The van der Waals surface area contributed by atoms with Gasteiger partial charge in [-0.05, 0) is 34.8 Å². The van der Waals surface area contributed by atoms with Crippen LogP contribution in [0.4, 0.5) is 0 Å². The smallest absolute Gasteiger partial charge is 0.324 e. The molecule has 0 amide bonds. The predicted molar refractivity (Wildman–Crippen MR) is 95.8 cm³/mol. The first kappa shape index (κ1) is 16.8. The molecule has 0 aliphatic heterocycles. The maximum absolute atomic E-state index is 12.5. The van der Waals surface area contributed by atoms with Crippen LogP contribution in [0, 0.1) is 5.92 Å². The highest BCUT2D eigenvalue weighted by Gasteiger charge is 2.26. The normalized spacial score (nSPS) is 17.4. The van der Waals surface area contributed by atoms with Gasteiger partial charge < -0.3 is 4.74 Å². The van der Waals surface area contributed by atoms with Crippen molar-refractivity contribution in [2.45, 2.75) is 32.4 Å². The zero-order valence-electron chi connectivity index (χ0n) is 13.7. The van der Waals surface area contributed by atoms with Gasteiger partial charge in [-0.2, -0.15) is 0 Å². The lowest BCUT2D eigenvalue weighted by atomic mass is 9.91. The third kappa shape index (κ3) is 3.40. The zero-order valence-corrected chi connectivity index (χ0v) is 14.6. The Labute approximate surface area is 143 Å². The Morgan fingerprint density at radius 3 is 2.71 bits per heavy atom. The first-order valence-corrected chi connectivity index (χ1v) is 8.89. The number of ether oxygens (including phenoxy) is 1. The minimum Gasteiger partial charge on any atom is -0.452 e. The fourth-order valence-electron chi connectivity index (χ4n) is 3.12. The molecule has 0 radical (unpaired) electrons. The number of carbonyl (C=O) groups excluding carboxylic acids is 1. The molecule has 0 fully saturated rings. The Balaban J connectivity index is 1.86. The Kier molecular flexibility index (Phi) is 5.08. The van der Waals surface area contributed by atoms with Crippen LogP contribution in [0.1, 0.15) is 37.5 Å². The molecule has 124 valence electrons. The van der Waals surface area contributed by atoms with Gasteiger partial charge in [0.1, 0.15) is 12.1 Å². The first-order valence-electron chi connectivity index (χ1n) is 8.08. The minimum atomic E-state index is -0.575. The predicted octanol–water partition coefficient (Wildman–Crippen LogP) is 4.66. The van der Waals surface area contributed by atoms with E-state index in [2.05, 4.69) is 23.3 Å². The van der Waals surface area contributed by atoms with Gasteiger partial charge in [-0.3, -0.25) is 9.36 Å². The van der Waals surface area contributed by atoms with Gasteiger partial charge in [0.05, 0.1) is 0 Å². The molecule has 1 unspecified atom stereocenters. The van der Waals surface area contributed by atoms with Gasteiger partial charge in [0, 0.05) is 5.56 Å². The van der Waals surface area contributed by atoms with E-state index in [4.69, 9.17) is 4.74 Å². The number of benzene rings is 2. The van der Waals surface area contributed by atoms with Crippen molar-refractivity contribution < 1.29 is 14.1 Å². The van der Waals surface area contributed by atoms with E-state index in [0.29, 0.717) is 12.3 Å². The van der Waals surface area contributed by atoms with Gasteiger partial charge in [-0.1, -0.05) is 56.3 Å². The van der Waals surface area contributed by atoms with Crippen LogP contribution in [-0.4, -0.2) is 12.0 Å². The van der Waals surface area contributed by atoms with Crippen molar-refractivity contribution >= 4 is 31.4 Å². The maximum Gasteiger partial charge on any atom is 0.324 e. The maximum atomic E-state index is 12.5. The summed E-state index contributed by atoms with van der Waals surface area (Å²) in [6.45, 7) is 4.03. The van der Waals surface area contributed by atoms with Gasteiger partial charge in [-0.15, -0.1) is 0 Å². The Morgan fingerprint density at radius 2 is 2.00 bits per heavy atom. The van der Waals surface area contributed by atoms with Crippen molar-refractivity contribution in [1.29, 1.82) is 0 Å². The molecule has 2 aromatic rings. The van der Waals surface area contributed by atoms with Gasteiger partial charge in [0.15, 0.2) is 0 Å². The fourth-order valence-corrected chi connectivity index (χ4v) is 3.46. The Hall–Kier alpha value is -2.03. The summed E-state index contributed by atoms with van der Waals surface area (Å²) < 4.78 is 16.6. The molecule has 5 heteroatoms. The molecule has 0 saturated heterocycles. The van der Waals surface area contributed by atoms with E-state index >= 15 is 0 Å². The molecule has 3 rings (SSSR count). The van der Waals surface area contributed by atoms with Gasteiger partial charge in [-0.25, -0.2) is 5.09 Å². The number of esters is 1. The number of nitrogens with one attached hydrogen (secondary N) is 1.